The van der Waals surface area contributed by atoms with Gasteiger partial charge in [-0.3, -0.25) is 4.79 Å². The van der Waals surface area contributed by atoms with E-state index in [9.17, 15) is 9.18 Å². The summed E-state index contributed by atoms with van der Waals surface area (Å²) in [5.41, 5.74) is 0.535. The summed E-state index contributed by atoms with van der Waals surface area (Å²) >= 11 is 0. The van der Waals surface area contributed by atoms with Crippen LogP contribution in [0.15, 0.2) is 24.3 Å². The first-order valence-corrected chi connectivity index (χ1v) is 6.95. The summed E-state index contributed by atoms with van der Waals surface area (Å²) in [4.78, 5) is 13.1. The minimum absolute atomic E-state index is 0.0133. The second-order valence-corrected chi connectivity index (χ2v) is 5.35. The molecule has 1 aliphatic rings. The lowest BCUT2D eigenvalue weighted by Gasteiger charge is -2.11. The van der Waals surface area contributed by atoms with Crippen molar-refractivity contribution in [2.45, 2.75) is 32.4 Å². The van der Waals surface area contributed by atoms with Crippen LogP contribution in [0.1, 0.15) is 19.8 Å². The Morgan fingerprint density at radius 3 is 3.05 bits per heavy atom. The van der Waals surface area contributed by atoms with E-state index >= 15 is 0 Å². The third-order valence-electron chi connectivity index (χ3n) is 3.54. The van der Waals surface area contributed by atoms with E-state index in [1.165, 1.54) is 29.8 Å². The molecule has 1 atom stereocenters. The molecule has 0 aliphatic heterocycles. The number of tetrazole rings is 1. The maximum Gasteiger partial charge on any atom is 0.243 e. The van der Waals surface area contributed by atoms with Gasteiger partial charge in [-0.1, -0.05) is 12.1 Å². The summed E-state index contributed by atoms with van der Waals surface area (Å²) in [5, 5.41) is 14.7. The maximum atomic E-state index is 13.1. The van der Waals surface area contributed by atoms with Gasteiger partial charge in [0.25, 0.3) is 0 Å². The van der Waals surface area contributed by atoms with Crippen LogP contribution < -0.4 is 5.32 Å². The minimum Gasteiger partial charge on any atom is -0.352 e. The standard InChI is InChI=1S/C14H16FN5O/c1-9(10-5-6-10)16-13(21)8-20-18-14(17-19-20)11-3-2-4-12(15)7-11/h2-4,7,9-10H,5-6,8H2,1H3,(H,16,21)/t9-/m1/s1. The van der Waals surface area contributed by atoms with Crippen LogP contribution in [-0.4, -0.2) is 32.2 Å². The molecule has 1 aliphatic carbocycles. The van der Waals surface area contributed by atoms with E-state index in [4.69, 9.17) is 0 Å². The second-order valence-electron chi connectivity index (χ2n) is 5.35. The highest BCUT2D eigenvalue weighted by Gasteiger charge is 2.28. The molecule has 1 fully saturated rings. The summed E-state index contributed by atoms with van der Waals surface area (Å²) in [6.45, 7) is 2.02. The van der Waals surface area contributed by atoms with Crippen molar-refractivity contribution in [2.24, 2.45) is 5.92 Å². The van der Waals surface area contributed by atoms with Crippen LogP contribution in [0.5, 0.6) is 0 Å². The molecule has 6 nitrogen and oxygen atoms in total. The van der Waals surface area contributed by atoms with Gasteiger partial charge in [0.05, 0.1) is 0 Å². The minimum atomic E-state index is -0.361. The van der Waals surface area contributed by atoms with Gasteiger partial charge < -0.3 is 5.32 Å². The number of halogens is 1. The Hall–Kier alpha value is -2.31. The Bertz CT molecular complexity index is 652. The first-order valence-electron chi connectivity index (χ1n) is 6.95. The molecule has 0 spiro atoms. The lowest BCUT2D eigenvalue weighted by molar-refractivity contribution is -0.122. The van der Waals surface area contributed by atoms with Gasteiger partial charge in [-0.25, -0.2) is 4.39 Å². The molecule has 1 aromatic heterocycles. The fourth-order valence-electron chi connectivity index (χ4n) is 2.20. The molecular weight excluding hydrogens is 273 g/mol. The first kappa shape index (κ1) is 13.7. The van der Waals surface area contributed by atoms with Crippen molar-refractivity contribution in [1.82, 2.24) is 25.5 Å². The van der Waals surface area contributed by atoms with Crippen molar-refractivity contribution in [3.63, 3.8) is 0 Å². The average Bonchev–Trinajstić information content (AvgIpc) is 3.19. The normalized spacial score (nSPS) is 15.7. The van der Waals surface area contributed by atoms with Crippen LogP contribution in [0.3, 0.4) is 0 Å². The number of hydrogen-bond donors (Lipinski definition) is 1. The summed E-state index contributed by atoms with van der Waals surface area (Å²) in [6.07, 6.45) is 2.35. The molecule has 1 saturated carbocycles. The molecule has 0 radical (unpaired) electrons. The Labute approximate surface area is 121 Å². The molecule has 7 heteroatoms. The van der Waals surface area contributed by atoms with Gasteiger partial charge in [0.15, 0.2) is 0 Å². The van der Waals surface area contributed by atoms with Crippen molar-refractivity contribution in [1.29, 1.82) is 0 Å². The number of nitrogens with one attached hydrogen (secondary N) is 1. The molecule has 1 N–H and O–H groups in total. The molecule has 0 unspecified atom stereocenters. The van der Waals surface area contributed by atoms with Crippen molar-refractivity contribution in [3.8, 4) is 11.4 Å². The number of nitrogens with zero attached hydrogens (tertiary/aromatic N) is 4. The number of carbonyl (C=O) groups is 1. The Balaban J connectivity index is 1.63. The lowest BCUT2D eigenvalue weighted by atomic mass is 10.2. The topological polar surface area (TPSA) is 72.7 Å². The highest BCUT2D eigenvalue weighted by atomic mass is 19.1. The highest BCUT2D eigenvalue weighted by Crippen LogP contribution is 2.32. The van der Waals surface area contributed by atoms with E-state index in [1.54, 1.807) is 12.1 Å². The molecule has 3 rings (SSSR count). The van der Waals surface area contributed by atoms with E-state index in [0.717, 1.165) is 0 Å². The number of benzene rings is 1. The van der Waals surface area contributed by atoms with Crippen LogP contribution in [0, 0.1) is 11.7 Å². The summed E-state index contributed by atoms with van der Waals surface area (Å²) < 4.78 is 13.1. The number of aromatic nitrogens is 4. The Morgan fingerprint density at radius 2 is 2.33 bits per heavy atom. The van der Waals surface area contributed by atoms with Gasteiger partial charge in [-0.05, 0) is 43.0 Å². The van der Waals surface area contributed by atoms with Crippen LogP contribution in [0.25, 0.3) is 11.4 Å². The number of amides is 1. The summed E-state index contributed by atoms with van der Waals surface area (Å²) in [6, 6.07) is 6.13. The summed E-state index contributed by atoms with van der Waals surface area (Å²) in [5.74, 6) is 0.399. The molecule has 21 heavy (non-hydrogen) atoms. The number of hydrogen-bond acceptors (Lipinski definition) is 4. The molecular formula is C14H16FN5O. The quantitative estimate of drug-likeness (QED) is 0.903. The smallest absolute Gasteiger partial charge is 0.243 e. The van der Waals surface area contributed by atoms with E-state index in [1.807, 2.05) is 6.92 Å². The molecule has 2 aromatic rings. The van der Waals surface area contributed by atoms with E-state index in [0.29, 0.717) is 17.3 Å². The zero-order valence-electron chi connectivity index (χ0n) is 11.7. The lowest BCUT2D eigenvalue weighted by Crippen LogP contribution is -2.36. The maximum absolute atomic E-state index is 13.1. The van der Waals surface area contributed by atoms with E-state index in [2.05, 4.69) is 20.7 Å². The van der Waals surface area contributed by atoms with Crippen LogP contribution in [0.2, 0.25) is 0 Å². The average molecular weight is 289 g/mol. The third kappa shape index (κ3) is 3.42. The highest BCUT2D eigenvalue weighted by molar-refractivity contribution is 5.75. The molecule has 1 amide bonds. The van der Waals surface area contributed by atoms with Gasteiger partial charge >= 0.3 is 0 Å². The van der Waals surface area contributed by atoms with Crippen molar-refractivity contribution >= 4 is 5.91 Å². The fraction of sp³-hybridized carbons (Fsp3) is 0.429. The first-order chi connectivity index (χ1) is 10.1. The SMILES string of the molecule is C[C@@H](NC(=O)Cn1nnc(-c2cccc(F)c2)n1)C1CC1. The Morgan fingerprint density at radius 1 is 1.52 bits per heavy atom. The molecule has 0 saturated heterocycles. The summed E-state index contributed by atoms with van der Waals surface area (Å²) in [7, 11) is 0. The van der Waals surface area contributed by atoms with Gasteiger partial charge in [-0.2, -0.15) is 4.80 Å². The Kier molecular flexibility index (Phi) is 3.64. The monoisotopic (exact) mass is 289 g/mol. The van der Waals surface area contributed by atoms with E-state index < -0.39 is 0 Å². The zero-order chi connectivity index (χ0) is 14.8. The molecule has 0 bridgehead atoms. The van der Waals surface area contributed by atoms with Crippen molar-refractivity contribution in [2.75, 3.05) is 0 Å². The van der Waals surface area contributed by atoms with Gasteiger partial charge in [0.1, 0.15) is 12.4 Å². The van der Waals surface area contributed by atoms with Crippen LogP contribution in [0.4, 0.5) is 4.39 Å². The predicted octanol–water partition coefficient (Wildman–Crippen LogP) is 1.39. The van der Waals surface area contributed by atoms with Gasteiger partial charge in [0, 0.05) is 11.6 Å². The van der Waals surface area contributed by atoms with Gasteiger partial charge in [0.2, 0.25) is 11.7 Å². The van der Waals surface area contributed by atoms with Gasteiger partial charge in [-0.15, -0.1) is 10.2 Å². The second kappa shape index (κ2) is 5.59. The van der Waals surface area contributed by atoms with Crippen molar-refractivity contribution in [3.05, 3.63) is 30.1 Å². The van der Waals surface area contributed by atoms with Crippen molar-refractivity contribution < 1.29 is 9.18 Å². The fourth-order valence-corrected chi connectivity index (χ4v) is 2.20. The number of carbonyl (C=O) groups excluding carboxylic acids is 1. The largest absolute Gasteiger partial charge is 0.352 e. The third-order valence-corrected chi connectivity index (χ3v) is 3.54. The molecule has 1 heterocycles. The number of rotatable bonds is 5. The zero-order valence-corrected chi connectivity index (χ0v) is 11.7. The molecule has 110 valence electrons. The molecule has 1 aromatic carbocycles. The van der Waals surface area contributed by atoms with Crippen LogP contribution in [-0.2, 0) is 11.3 Å². The van der Waals surface area contributed by atoms with E-state index in [-0.39, 0.29) is 24.3 Å². The van der Waals surface area contributed by atoms with Crippen LogP contribution >= 0.6 is 0 Å². The predicted molar refractivity (Wildman–Crippen MR) is 73.5 cm³/mol.